The largest absolute Gasteiger partial charge is 0.388 e. The molecule has 0 heterocycles. The van der Waals surface area contributed by atoms with Crippen LogP contribution in [0.25, 0.3) is 0 Å². The molecule has 2 aromatic rings. The topological polar surface area (TPSA) is 20.2 Å². The maximum absolute atomic E-state index is 13.8. The lowest BCUT2D eigenvalue weighted by molar-refractivity contribution is 0.173. The molecule has 0 aromatic heterocycles. The van der Waals surface area contributed by atoms with Crippen molar-refractivity contribution in [1.82, 2.24) is 0 Å². The van der Waals surface area contributed by atoms with Crippen LogP contribution < -0.4 is 0 Å². The van der Waals surface area contributed by atoms with Gasteiger partial charge in [0.05, 0.1) is 6.10 Å². The van der Waals surface area contributed by atoms with Crippen LogP contribution in [0.1, 0.15) is 33.9 Å². The van der Waals surface area contributed by atoms with E-state index in [9.17, 15) is 9.50 Å². The summed E-state index contributed by atoms with van der Waals surface area (Å²) in [6.45, 7) is 5.88. The molecule has 0 aliphatic rings. The molecule has 1 N–H and O–H groups in total. The SMILES string of the molecule is Cc1cc(C)cc(CC(O)c2ccc(C)cc2F)c1. The van der Waals surface area contributed by atoms with Crippen LogP contribution >= 0.6 is 0 Å². The van der Waals surface area contributed by atoms with Gasteiger partial charge in [0.2, 0.25) is 0 Å². The van der Waals surface area contributed by atoms with E-state index < -0.39 is 6.10 Å². The molecule has 0 radical (unpaired) electrons. The highest BCUT2D eigenvalue weighted by molar-refractivity contribution is 5.31. The van der Waals surface area contributed by atoms with Crippen LogP contribution in [0.3, 0.4) is 0 Å². The van der Waals surface area contributed by atoms with Gasteiger partial charge in [0.1, 0.15) is 5.82 Å². The second-order valence-electron chi connectivity index (χ2n) is 5.24. The van der Waals surface area contributed by atoms with Gasteiger partial charge in [0, 0.05) is 12.0 Å². The standard InChI is InChI=1S/C17H19FO/c1-11-4-5-15(16(18)9-11)17(19)10-14-7-12(2)6-13(3)8-14/h4-9,17,19H,10H2,1-3H3. The normalized spacial score (nSPS) is 12.5. The van der Waals surface area contributed by atoms with Gasteiger partial charge in [0.25, 0.3) is 0 Å². The molecule has 1 unspecified atom stereocenters. The molecule has 0 amide bonds. The van der Waals surface area contributed by atoms with Gasteiger partial charge in [-0.25, -0.2) is 4.39 Å². The average molecular weight is 258 g/mol. The number of hydrogen-bond acceptors (Lipinski definition) is 1. The first-order chi connectivity index (χ1) is 8.95. The van der Waals surface area contributed by atoms with Gasteiger partial charge >= 0.3 is 0 Å². The van der Waals surface area contributed by atoms with E-state index in [1.807, 2.05) is 39.0 Å². The predicted octanol–water partition coefficient (Wildman–Crippen LogP) is 4.03. The summed E-state index contributed by atoms with van der Waals surface area (Å²) in [4.78, 5) is 0. The van der Waals surface area contributed by atoms with Crippen molar-refractivity contribution in [3.63, 3.8) is 0 Å². The van der Waals surface area contributed by atoms with Gasteiger partial charge in [-0.15, -0.1) is 0 Å². The molecular formula is C17H19FO. The summed E-state index contributed by atoms with van der Waals surface area (Å²) >= 11 is 0. The Morgan fingerprint density at radius 2 is 1.58 bits per heavy atom. The first-order valence-electron chi connectivity index (χ1n) is 6.47. The first kappa shape index (κ1) is 13.8. The zero-order valence-electron chi connectivity index (χ0n) is 11.6. The molecule has 1 atom stereocenters. The molecule has 2 aromatic carbocycles. The Labute approximate surface area is 113 Å². The minimum Gasteiger partial charge on any atom is -0.388 e. The Hall–Kier alpha value is -1.67. The van der Waals surface area contributed by atoms with Crippen molar-refractivity contribution in [1.29, 1.82) is 0 Å². The van der Waals surface area contributed by atoms with Crippen molar-refractivity contribution in [3.8, 4) is 0 Å². The summed E-state index contributed by atoms with van der Waals surface area (Å²) in [5, 5.41) is 10.2. The van der Waals surface area contributed by atoms with Crippen LogP contribution in [0.2, 0.25) is 0 Å². The Bertz CT molecular complexity index is 570. The number of hydrogen-bond donors (Lipinski definition) is 1. The highest BCUT2D eigenvalue weighted by atomic mass is 19.1. The number of aliphatic hydroxyl groups is 1. The molecule has 2 heteroatoms. The van der Waals surface area contributed by atoms with Crippen LogP contribution in [0, 0.1) is 26.6 Å². The Balaban J connectivity index is 2.22. The smallest absolute Gasteiger partial charge is 0.129 e. The van der Waals surface area contributed by atoms with Gasteiger partial charge in [-0.1, -0.05) is 41.5 Å². The number of aryl methyl sites for hydroxylation is 3. The van der Waals surface area contributed by atoms with E-state index >= 15 is 0 Å². The second kappa shape index (κ2) is 5.54. The van der Waals surface area contributed by atoms with E-state index in [4.69, 9.17) is 0 Å². The van der Waals surface area contributed by atoms with Gasteiger partial charge in [0.15, 0.2) is 0 Å². The van der Waals surface area contributed by atoms with Gasteiger partial charge < -0.3 is 5.11 Å². The molecule has 0 saturated carbocycles. The lowest BCUT2D eigenvalue weighted by Gasteiger charge is -2.13. The van der Waals surface area contributed by atoms with E-state index in [0.717, 1.165) is 22.3 Å². The van der Waals surface area contributed by atoms with E-state index in [0.29, 0.717) is 12.0 Å². The molecule has 2 rings (SSSR count). The summed E-state index contributed by atoms with van der Waals surface area (Å²) in [6, 6.07) is 11.1. The van der Waals surface area contributed by atoms with Crippen LogP contribution in [-0.2, 0) is 6.42 Å². The molecule has 0 bridgehead atoms. The Kier molecular flexibility index (Phi) is 4.01. The quantitative estimate of drug-likeness (QED) is 0.881. The van der Waals surface area contributed by atoms with E-state index in [1.165, 1.54) is 6.07 Å². The average Bonchev–Trinajstić information content (AvgIpc) is 2.26. The highest BCUT2D eigenvalue weighted by Crippen LogP contribution is 2.23. The number of halogens is 1. The molecule has 0 spiro atoms. The predicted molar refractivity (Wildman–Crippen MR) is 75.7 cm³/mol. The summed E-state index contributed by atoms with van der Waals surface area (Å²) in [5.74, 6) is -0.336. The molecule has 1 nitrogen and oxygen atoms in total. The summed E-state index contributed by atoms with van der Waals surface area (Å²) in [7, 11) is 0. The zero-order chi connectivity index (χ0) is 14.0. The second-order valence-corrected chi connectivity index (χ2v) is 5.24. The monoisotopic (exact) mass is 258 g/mol. The fourth-order valence-electron chi connectivity index (χ4n) is 2.42. The minimum atomic E-state index is -0.804. The summed E-state index contributed by atoms with van der Waals surface area (Å²) < 4.78 is 13.8. The third kappa shape index (κ3) is 3.42. The van der Waals surface area contributed by atoms with Crippen LogP contribution in [0.4, 0.5) is 4.39 Å². The van der Waals surface area contributed by atoms with Crippen LogP contribution in [0.5, 0.6) is 0 Å². The van der Waals surface area contributed by atoms with Gasteiger partial charge in [-0.2, -0.15) is 0 Å². The van der Waals surface area contributed by atoms with Crippen molar-refractivity contribution in [2.75, 3.05) is 0 Å². The van der Waals surface area contributed by atoms with Crippen molar-refractivity contribution in [2.24, 2.45) is 0 Å². The minimum absolute atomic E-state index is 0.336. The van der Waals surface area contributed by atoms with E-state index in [1.54, 1.807) is 6.07 Å². The lowest BCUT2D eigenvalue weighted by Crippen LogP contribution is -2.05. The molecule has 0 aliphatic carbocycles. The zero-order valence-corrected chi connectivity index (χ0v) is 11.6. The number of rotatable bonds is 3. The van der Waals surface area contributed by atoms with Crippen molar-refractivity contribution >= 4 is 0 Å². The maximum atomic E-state index is 13.8. The van der Waals surface area contributed by atoms with Crippen molar-refractivity contribution < 1.29 is 9.50 Å². The molecule has 0 fully saturated rings. The van der Waals surface area contributed by atoms with Crippen molar-refractivity contribution in [3.05, 3.63) is 70.0 Å². The Morgan fingerprint density at radius 1 is 0.947 bits per heavy atom. The molecule has 0 saturated heterocycles. The lowest BCUT2D eigenvalue weighted by atomic mass is 9.97. The number of aliphatic hydroxyl groups excluding tert-OH is 1. The van der Waals surface area contributed by atoms with Crippen molar-refractivity contribution in [2.45, 2.75) is 33.3 Å². The Morgan fingerprint density at radius 3 is 2.16 bits per heavy atom. The van der Waals surface area contributed by atoms with Crippen LogP contribution in [0.15, 0.2) is 36.4 Å². The fourth-order valence-corrected chi connectivity index (χ4v) is 2.42. The third-order valence-electron chi connectivity index (χ3n) is 3.23. The van der Waals surface area contributed by atoms with E-state index in [-0.39, 0.29) is 5.82 Å². The van der Waals surface area contributed by atoms with Gasteiger partial charge in [-0.05, 0) is 38.0 Å². The molecule has 100 valence electrons. The summed E-state index contributed by atoms with van der Waals surface area (Å²) in [5.41, 5.74) is 4.58. The number of benzene rings is 2. The van der Waals surface area contributed by atoms with E-state index in [2.05, 4.69) is 6.07 Å². The fraction of sp³-hybridized carbons (Fsp3) is 0.294. The first-order valence-corrected chi connectivity index (χ1v) is 6.47. The maximum Gasteiger partial charge on any atom is 0.129 e. The van der Waals surface area contributed by atoms with Gasteiger partial charge in [-0.3, -0.25) is 0 Å². The molecule has 19 heavy (non-hydrogen) atoms. The van der Waals surface area contributed by atoms with Crippen LogP contribution in [-0.4, -0.2) is 5.11 Å². The molecular weight excluding hydrogens is 239 g/mol. The third-order valence-corrected chi connectivity index (χ3v) is 3.23. The molecule has 0 aliphatic heterocycles. The highest BCUT2D eigenvalue weighted by Gasteiger charge is 2.13. The summed E-state index contributed by atoms with van der Waals surface area (Å²) in [6.07, 6.45) is -0.371.